The van der Waals surface area contributed by atoms with Crippen LogP contribution in [0.4, 0.5) is 0 Å². The van der Waals surface area contributed by atoms with Gasteiger partial charge >= 0.3 is 0 Å². The van der Waals surface area contributed by atoms with E-state index in [1.165, 1.54) is 38.5 Å². The van der Waals surface area contributed by atoms with E-state index in [1.807, 2.05) is 0 Å². The third kappa shape index (κ3) is 5.91. The van der Waals surface area contributed by atoms with E-state index in [4.69, 9.17) is 0 Å². The Morgan fingerprint density at radius 1 is 0.739 bits per heavy atom. The van der Waals surface area contributed by atoms with Crippen molar-refractivity contribution in [3.8, 4) is 0 Å². The number of rotatable bonds is 13. The fraction of sp³-hybridized carbons (Fsp3) is 0.955. The number of ketones is 1. The molecule has 0 radical (unpaired) electrons. The van der Waals surface area contributed by atoms with Crippen molar-refractivity contribution in [3.05, 3.63) is 0 Å². The van der Waals surface area contributed by atoms with Crippen LogP contribution in [0, 0.1) is 35.5 Å². The molecule has 0 saturated heterocycles. The summed E-state index contributed by atoms with van der Waals surface area (Å²) < 4.78 is 0. The number of carbonyl (C=O) groups is 1. The van der Waals surface area contributed by atoms with Gasteiger partial charge in [-0.1, -0.05) is 45.4 Å². The molecule has 0 aliphatic heterocycles. The van der Waals surface area contributed by atoms with E-state index in [1.54, 1.807) is 39.0 Å². The van der Waals surface area contributed by atoms with Gasteiger partial charge in [0.25, 0.3) is 0 Å². The number of carbonyl (C=O) groups excluding carboxylic acids is 1. The maximum absolute atomic E-state index is 10.9. The largest absolute Gasteiger partial charge is 0.300 e. The Balaban J connectivity index is 1.13. The third-order valence-corrected chi connectivity index (χ3v) is 7.05. The van der Waals surface area contributed by atoms with E-state index in [0.717, 1.165) is 48.3 Å². The van der Waals surface area contributed by atoms with Gasteiger partial charge in [-0.3, -0.25) is 0 Å². The smallest absolute Gasteiger partial charge is 0.129 e. The Kier molecular flexibility index (Phi) is 6.21. The molecule has 0 aromatic rings. The summed E-state index contributed by atoms with van der Waals surface area (Å²) in [6.07, 6.45) is 18.1. The first-order chi connectivity index (χ1) is 11.2. The minimum absolute atomic E-state index is 0.358. The second-order valence-electron chi connectivity index (χ2n) is 9.16. The lowest BCUT2D eigenvalue weighted by molar-refractivity contribution is -0.117. The van der Waals surface area contributed by atoms with Crippen LogP contribution < -0.4 is 0 Å². The van der Waals surface area contributed by atoms with Crippen molar-refractivity contribution in [3.63, 3.8) is 0 Å². The molecule has 23 heavy (non-hydrogen) atoms. The Hall–Kier alpha value is -0.330. The molecule has 132 valence electrons. The van der Waals surface area contributed by atoms with Gasteiger partial charge in [-0.2, -0.15) is 0 Å². The molecule has 0 amide bonds. The van der Waals surface area contributed by atoms with Crippen LogP contribution >= 0.6 is 0 Å². The Morgan fingerprint density at radius 2 is 1.26 bits per heavy atom. The predicted molar refractivity (Wildman–Crippen MR) is 97.3 cm³/mol. The first kappa shape index (κ1) is 17.5. The molecule has 0 spiro atoms. The van der Waals surface area contributed by atoms with Crippen molar-refractivity contribution in [1.29, 1.82) is 0 Å². The zero-order valence-corrected chi connectivity index (χ0v) is 15.6. The van der Waals surface area contributed by atoms with Crippen LogP contribution in [0.15, 0.2) is 0 Å². The molecular formula is C22H38O. The maximum Gasteiger partial charge on any atom is 0.129 e. The molecule has 3 aliphatic rings. The SMILES string of the molecule is CC[C@@H]1CC1C[C@@H]1CC1C[C@H]1CC1CCCCCCCC(C)=O. The van der Waals surface area contributed by atoms with Crippen molar-refractivity contribution >= 4 is 5.78 Å². The number of unbranched alkanes of at least 4 members (excludes halogenated alkanes) is 4. The molecule has 6 atom stereocenters. The highest BCUT2D eigenvalue weighted by atomic mass is 16.1. The van der Waals surface area contributed by atoms with Crippen LogP contribution in [0.5, 0.6) is 0 Å². The van der Waals surface area contributed by atoms with Crippen LogP contribution in [0.25, 0.3) is 0 Å². The average molecular weight is 319 g/mol. The normalized spacial score (nSPS) is 37.7. The molecule has 3 rings (SSSR count). The van der Waals surface area contributed by atoms with Crippen molar-refractivity contribution in [2.24, 2.45) is 35.5 Å². The first-order valence-electron chi connectivity index (χ1n) is 10.7. The quantitative estimate of drug-likeness (QED) is 0.359. The van der Waals surface area contributed by atoms with Crippen molar-refractivity contribution in [2.45, 2.75) is 97.3 Å². The minimum atomic E-state index is 0.358. The van der Waals surface area contributed by atoms with Gasteiger partial charge in [0.1, 0.15) is 5.78 Å². The lowest BCUT2D eigenvalue weighted by Gasteiger charge is -2.02. The van der Waals surface area contributed by atoms with Gasteiger partial charge in [0.15, 0.2) is 0 Å². The van der Waals surface area contributed by atoms with Crippen LogP contribution in [0.1, 0.15) is 97.3 Å². The lowest BCUT2D eigenvalue weighted by Crippen LogP contribution is -1.91. The molecule has 3 unspecified atom stereocenters. The molecule has 0 bridgehead atoms. The topological polar surface area (TPSA) is 17.1 Å². The monoisotopic (exact) mass is 318 g/mol. The van der Waals surface area contributed by atoms with Gasteiger partial charge in [0.05, 0.1) is 0 Å². The molecule has 1 nitrogen and oxygen atoms in total. The first-order valence-corrected chi connectivity index (χ1v) is 10.7. The van der Waals surface area contributed by atoms with Crippen LogP contribution in [-0.2, 0) is 4.79 Å². The summed E-state index contributed by atoms with van der Waals surface area (Å²) in [6, 6.07) is 0. The highest BCUT2D eigenvalue weighted by molar-refractivity contribution is 5.75. The van der Waals surface area contributed by atoms with Gasteiger partial charge in [-0.15, -0.1) is 0 Å². The standard InChI is InChI=1S/C22H38O/c1-3-17-11-19(17)13-21-15-22(21)14-20-12-18(20)10-8-6-4-5-7-9-16(2)23/h17-22H,3-15H2,1-2H3/t17-,18?,19?,20-,21-,22?/m1/s1. The summed E-state index contributed by atoms with van der Waals surface area (Å²) in [5.74, 6) is 7.08. The Labute approximate surface area is 144 Å². The molecule has 3 fully saturated rings. The third-order valence-electron chi connectivity index (χ3n) is 7.05. The summed E-state index contributed by atoms with van der Waals surface area (Å²) in [7, 11) is 0. The molecule has 0 aromatic heterocycles. The van der Waals surface area contributed by atoms with E-state index < -0.39 is 0 Å². The molecule has 0 N–H and O–H groups in total. The molecule has 0 heterocycles. The minimum Gasteiger partial charge on any atom is -0.300 e. The molecular weight excluding hydrogens is 280 g/mol. The van der Waals surface area contributed by atoms with Crippen molar-refractivity contribution in [1.82, 2.24) is 0 Å². The van der Waals surface area contributed by atoms with Gasteiger partial charge < -0.3 is 4.79 Å². The average Bonchev–Trinajstić information content (AvgIpc) is 3.40. The van der Waals surface area contributed by atoms with E-state index in [-0.39, 0.29) is 0 Å². The van der Waals surface area contributed by atoms with Gasteiger partial charge in [0, 0.05) is 6.42 Å². The lowest BCUT2D eigenvalue weighted by atomic mass is 10.0. The number of Topliss-reactive ketones (excluding diaryl/α,β-unsaturated/α-hetero) is 1. The van der Waals surface area contributed by atoms with Gasteiger partial charge in [0.2, 0.25) is 0 Å². The fourth-order valence-corrected chi connectivity index (χ4v) is 5.03. The Bertz CT molecular complexity index is 387. The zero-order valence-electron chi connectivity index (χ0n) is 15.6. The van der Waals surface area contributed by atoms with Crippen LogP contribution in [-0.4, -0.2) is 5.78 Å². The number of hydrogen-bond donors (Lipinski definition) is 0. The zero-order chi connectivity index (χ0) is 16.2. The summed E-state index contributed by atoms with van der Waals surface area (Å²) in [6.45, 7) is 4.08. The van der Waals surface area contributed by atoms with Crippen LogP contribution in [0.3, 0.4) is 0 Å². The molecule has 3 saturated carbocycles. The van der Waals surface area contributed by atoms with E-state index >= 15 is 0 Å². The highest BCUT2D eigenvalue weighted by Crippen LogP contribution is 2.58. The summed E-state index contributed by atoms with van der Waals surface area (Å²) in [5, 5.41) is 0. The van der Waals surface area contributed by atoms with E-state index in [2.05, 4.69) is 6.92 Å². The second kappa shape index (κ2) is 8.17. The maximum atomic E-state index is 10.9. The van der Waals surface area contributed by atoms with Gasteiger partial charge in [-0.25, -0.2) is 0 Å². The Morgan fingerprint density at radius 3 is 1.91 bits per heavy atom. The summed E-state index contributed by atoms with van der Waals surface area (Å²) in [4.78, 5) is 10.9. The second-order valence-corrected chi connectivity index (χ2v) is 9.16. The van der Waals surface area contributed by atoms with E-state index in [0.29, 0.717) is 5.78 Å². The predicted octanol–water partition coefficient (Wildman–Crippen LogP) is 6.40. The van der Waals surface area contributed by atoms with Crippen LogP contribution in [0.2, 0.25) is 0 Å². The van der Waals surface area contributed by atoms with Crippen molar-refractivity contribution in [2.75, 3.05) is 0 Å². The molecule has 1 heteroatoms. The van der Waals surface area contributed by atoms with E-state index in [9.17, 15) is 4.79 Å². The highest BCUT2D eigenvalue weighted by Gasteiger charge is 2.48. The molecule has 3 aliphatic carbocycles. The van der Waals surface area contributed by atoms with Crippen molar-refractivity contribution < 1.29 is 4.79 Å². The summed E-state index contributed by atoms with van der Waals surface area (Å²) in [5.41, 5.74) is 0. The molecule has 0 aromatic carbocycles. The fourth-order valence-electron chi connectivity index (χ4n) is 5.03. The number of hydrogen-bond acceptors (Lipinski definition) is 1. The van der Waals surface area contributed by atoms with Gasteiger partial charge in [-0.05, 0) is 81.0 Å². The summed E-state index contributed by atoms with van der Waals surface area (Å²) >= 11 is 0.